The maximum atomic E-state index is 9.08. The number of rotatable bonds is 0. The van der Waals surface area contributed by atoms with Gasteiger partial charge in [-0.3, -0.25) is 0 Å². The average Bonchev–Trinajstić information content (AvgIpc) is 1.62. The molecule has 0 unspecified atom stereocenters. The summed E-state index contributed by atoms with van der Waals surface area (Å²) in [6.07, 6.45) is 2.42. The van der Waals surface area contributed by atoms with Gasteiger partial charge in [-0.1, -0.05) is 0 Å². The molecule has 0 heterocycles. The Morgan fingerprint density at radius 1 is 0.429 bits per heavy atom. The molecule has 0 spiro atoms. The maximum absolute atomic E-state index is 9.08. The van der Waals surface area contributed by atoms with E-state index in [2.05, 4.69) is 0 Å². The van der Waals surface area contributed by atoms with Crippen LogP contribution in [0.3, 0.4) is 0 Å². The molecule has 0 N–H and O–H groups in total. The van der Waals surface area contributed by atoms with Crippen LogP contribution in [0.1, 0.15) is 0 Å². The maximum Gasteiger partial charge on any atom is 4.00 e. The molecule has 0 saturated carbocycles. The van der Waals surface area contributed by atoms with E-state index in [1.807, 2.05) is 0 Å². The van der Waals surface area contributed by atoms with Crippen LogP contribution in [0.4, 0.5) is 0 Å². The quantitative estimate of drug-likeness (QED) is 0.197. The molecular formula is C4H12O12PbS4. The third kappa shape index (κ3) is 22400. The van der Waals surface area contributed by atoms with Crippen molar-refractivity contribution in [3.63, 3.8) is 0 Å². The summed E-state index contributed by atoms with van der Waals surface area (Å²) in [5, 5.41) is 0. The first kappa shape index (κ1) is 33.2. The fourth-order valence-electron chi connectivity index (χ4n) is 0. The summed E-state index contributed by atoms with van der Waals surface area (Å²) in [6.45, 7) is 0. The van der Waals surface area contributed by atoms with Gasteiger partial charge in [0.25, 0.3) is 0 Å². The van der Waals surface area contributed by atoms with E-state index < -0.39 is 40.5 Å². The van der Waals surface area contributed by atoms with Gasteiger partial charge in [0.15, 0.2) is 0 Å². The Morgan fingerprint density at radius 2 is 0.429 bits per heavy atom. The Bertz CT molecular complexity index is 486. The van der Waals surface area contributed by atoms with E-state index in [4.69, 9.17) is 51.9 Å². The van der Waals surface area contributed by atoms with Gasteiger partial charge in [-0.25, -0.2) is 33.7 Å². The molecule has 0 aliphatic heterocycles. The van der Waals surface area contributed by atoms with Gasteiger partial charge < -0.3 is 18.2 Å². The second-order valence-electron chi connectivity index (χ2n) is 2.82. The predicted octanol–water partition coefficient (Wildman–Crippen LogP) is -3.74. The van der Waals surface area contributed by atoms with E-state index in [0.29, 0.717) is 25.0 Å². The van der Waals surface area contributed by atoms with Crippen molar-refractivity contribution in [3.8, 4) is 0 Å². The molecule has 0 radical (unpaired) electrons. The molecule has 0 atom stereocenters. The Labute approximate surface area is 144 Å². The molecule has 21 heavy (non-hydrogen) atoms. The first-order valence-corrected chi connectivity index (χ1v) is 10.9. The number of hydrogen-bond donors (Lipinski definition) is 0. The summed E-state index contributed by atoms with van der Waals surface area (Å²) in [6, 6.07) is 0. The summed E-state index contributed by atoms with van der Waals surface area (Å²) < 4.78 is 109. The monoisotopic (exact) mass is 588 g/mol. The van der Waals surface area contributed by atoms with Gasteiger partial charge in [-0.2, -0.15) is 0 Å². The third-order valence-corrected chi connectivity index (χ3v) is 0. The molecule has 0 aromatic rings. The van der Waals surface area contributed by atoms with Gasteiger partial charge in [-0.15, -0.1) is 0 Å². The van der Waals surface area contributed by atoms with Crippen LogP contribution in [-0.2, 0) is 40.5 Å². The third-order valence-electron chi connectivity index (χ3n) is 0. The SMILES string of the molecule is CS(=O)(=O)[O-].CS(=O)(=O)[O-].CS(=O)(=O)[O-].CS(=O)(=O)[O-].[Pb+4]. The van der Waals surface area contributed by atoms with Gasteiger partial charge in [0, 0.05) is 25.0 Å². The van der Waals surface area contributed by atoms with Crippen LogP contribution in [0.25, 0.3) is 0 Å². The Balaban J connectivity index is -0.0000000533. The minimum absolute atomic E-state index is 0. The van der Waals surface area contributed by atoms with Gasteiger partial charge >= 0.3 is 27.3 Å². The van der Waals surface area contributed by atoms with Crippen molar-refractivity contribution in [2.45, 2.75) is 0 Å². The predicted molar refractivity (Wildman–Crippen MR) is 68.2 cm³/mol. The summed E-state index contributed by atoms with van der Waals surface area (Å²) in [4.78, 5) is 0. The van der Waals surface area contributed by atoms with E-state index >= 15 is 0 Å². The summed E-state index contributed by atoms with van der Waals surface area (Å²) in [5.41, 5.74) is 0. The smallest absolute Gasteiger partial charge is 0.748 e. The van der Waals surface area contributed by atoms with E-state index in [0.717, 1.165) is 0 Å². The molecule has 0 rings (SSSR count). The molecule has 17 heteroatoms. The minimum Gasteiger partial charge on any atom is -0.748 e. The first-order valence-electron chi connectivity index (χ1n) is 3.63. The molecule has 0 aromatic heterocycles. The molecule has 0 amide bonds. The van der Waals surface area contributed by atoms with Crippen molar-refractivity contribution in [3.05, 3.63) is 0 Å². The van der Waals surface area contributed by atoms with Crippen molar-refractivity contribution in [1.82, 2.24) is 0 Å². The summed E-state index contributed by atoms with van der Waals surface area (Å²) in [5.74, 6) is 0. The van der Waals surface area contributed by atoms with Crippen molar-refractivity contribution >= 4 is 67.8 Å². The second kappa shape index (κ2) is 13.0. The Kier molecular flexibility index (Phi) is 20.6. The van der Waals surface area contributed by atoms with Crippen LogP contribution < -0.4 is 0 Å². The standard InChI is InChI=1S/4CH4O3S.Pb/c4*1-5(2,3)4;/h4*1H3,(H,2,3,4);/q;;;;+4/p-4. The van der Waals surface area contributed by atoms with Gasteiger partial charge in [-0.05, 0) is 0 Å². The van der Waals surface area contributed by atoms with Crippen molar-refractivity contribution in [2.24, 2.45) is 0 Å². The van der Waals surface area contributed by atoms with Crippen molar-refractivity contribution in [2.75, 3.05) is 25.0 Å². The zero-order valence-electron chi connectivity index (χ0n) is 11.0. The molecule has 0 aliphatic rings. The van der Waals surface area contributed by atoms with Crippen LogP contribution in [0.15, 0.2) is 0 Å². The van der Waals surface area contributed by atoms with E-state index in [1.165, 1.54) is 0 Å². The molecule has 128 valence electrons. The van der Waals surface area contributed by atoms with Gasteiger partial charge in [0.05, 0.1) is 40.5 Å². The topological polar surface area (TPSA) is 229 Å². The molecule has 0 saturated heterocycles. The Morgan fingerprint density at radius 3 is 0.429 bits per heavy atom. The zero-order valence-corrected chi connectivity index (χ0v) is 18.2. The largest absolute Gasteiger partial charge is 4.00 e. The number of hydrogen-bond acceptors (Lipinski definition) is 12. The molecule has 0 aliphatic carbocycles. The van der Waals surface area contributed by atoms with Crippen LogP contribution in [-0.4, -0.2) is 104 Å². The molecule has 0 bridgehead atoms. The Hall–Kier alpha value is 0.562. The van der Waals surface area contributed by atoms with Crippen LogP contribution >= 0.6 is 0 Å². The minimum atomic E-state index is -3.92. The average molecular weight is 588 g/mol. The molecular weight excluding hydrogens is 576 g/mol. The second-order valence-corrected chi connectivity index (χ2v) is 8.45. The van der Waals surface area contributed by atoms with E-state index in [9.17, 15) is 0 Å². The van der Waals surface area contributed by atoms with Gasteiger partial charge in [0.1, 0.15) is 0 Å². The van der Waals surface area contributed by atoms with E-state index in [-0.39, 0.29) is 27.3 Å². The molecule has 12 nitrogen and oxygen atoms in total. The van der Waals surface area contributed by atoms with Crippen molar-refractivity contribution in [1.29, 1.82) is 0 Å². The fourth-order valence-corrected chi connectivity index (χ4v) is 0. The summed E-state index contributed by atoms with van der Waals surface area (Å²) >= 11 is 0. The summed E-state index contributed by atoms with van der Waals surface area (Å²) in [7, 11) is -15.7. The van der Waals surface area contributed by atoms with Crippen LogP contribution in [0, 0.1) is 0 Å². The fraction of sp³-hybridized carbons (Fsp3) is 1.00. The van der Waals surface area contributed by atoms with Crippen LogP contribution in [0.5, 0.6) is 0 Å². The first-order chi connectivity index (χ1) is 8.00. The zero-order chi connectivity index (χ0) is 18.0. The van der Waals surface area contributed by atoms with E-state index in [1.54, 1.807) is 0 Å². The van der Waals surface area contributed by atoms with Gasteiger partial charge in [0.2, 0.25) is 0 Å². The molecule has 0 aromatic carbocycles. The molecule has 0 fully saturated rings. The normalized spacial score (nSPS) is 11.0. The van der Waals surface area contributed by atoms with Crippen molar-refractivity contribution < 1.29 is 51.9 Å². The van der Waals surface area contributed by atoms with Crippen LogP contribution in [0.2, 0.25) is 0 Å².